The van der Waals surface area contributed by atoms with Crippen molar-refractivity contribution in [2.75, 3.05) is 0 Å². The molecule has 0 spiro atoms. The number of hydrogen-bond acceptors (Lipinski definition) is 2. The lowest BCUT2D eigenvalue weighted by Crippen LogP contribution is -1.99. The summed E-state index contributed by atoms with van der Waals surface area (Å²) in [6.07, 6.45) is 4.20. The van der Waals surface area contributed by atoms with Crippen LogP contribution in [0, 0.1) is 0 Å². The normalized spacial score (nSPS) is 15.3. The number of carbonyl (C=O) groups is 1. The summed E-state index contributed by atoms with van der Waals surface area (Å²) in [5.41, 5.74) is 1.75. The van der Waals surface area contributed by atoms with Gasteiger partial charge in [0.1, 0.15) is 5.75 Å². The van der Waals surface area contributed by atoms with Crippen molar-refractivity contribution < 1.29 is 15.0 Å². The third-order valence-corrected chi connectivity index (χ3v) is 3.18. The Kier molecular flexibility index (Phi) is 2.11. The van der Waals surface area contributed by atoms with Crippen molar-refractivity contribution in [2.45, 2.75) is 25.3 Å². The maximum atomic E-state index is 10.8. The van der Waals surface area contributed by atoms with Gasteiger partial charge in [-0.25, -0.2) is 0 Å². The highest BCUT2D eigenvalue weighted by atomic mass is 16.4. The third kappa shape index (κ3) is 1.75. The van der Waals surface area contributed by atoms with Crippen LogP contribution in [0.15, 0.2) is 24.4 Å². The number of aromatic hydroxyl groups is 1. The van der Waals surface area contributed by atoms with Crippen molar-refractivity contribution in [1.29, 1.82) is 0 Å². The van der Waals surface area contributed by atoms with Gasteiger partial charge in [0.2, 0.25) is 0 Å². The van der Waals surface area contributed by atoms with E-state index >= 15 is 0 Å². The second kappa shape index (κ2) is 3.52. The van der Waals surface area contributed by atoms with Crippen LogP contribution in [0.3, 0.4) is 0 Å². The van der Waals surface area contributed by atoms with Crippen LogP contribution in [0.5, 0.6) is 5.75 Å². The van der Waals surface area contributed by atoms with E-state index in [0.29, 0.717) is 6.04 Å². The minimum atomic E-state index is -0.826. The third-order valence-electron chi connectivity index (χ3n) is 3.18. The summed E-state index contributed by atoms with van der Waals surface area (Å²) in [6, 6.07) is 5.58. The highest BCUT2D eigenvalue weighted by Gasteiger charge is 2.26. The van der Waals surface area contributed by atoms with Crippen LogP contribution in [-0.4, -0.2) is 20.7 Å². The molecule has 2 N–H and O–H groups in total. The largest absolute Gasteiger partial charge is 0.508 e. The topological polar surface area (TPSA) is 62.5 Å². The molecule has 1 aliphatic rings. The molecular weight excluding hydrogens is 218 g/mol. The summed E-state index contributed by atoms with van der Waals surface area (Å²) in [5.74, 6) is -0.604. The second-order valence-electron chi connectivity index (χ2n) is 4.56. The van der Waals surface area contributed by atoms with E-state index in [1.54, 1.807) is 18.2 Å². The first-order chi connectivity index (χ1) is 8.15. The molecule has 4 heteroatoms. The molecule has 88 valence electrons. The van der Waals surface area contributed by atoms with Crippen LogP contribution < -0.4 is 0 Å². The highest BCUT2D eigenvalue weighted by Crippen LogP contribution is 2.39. The van der Waals surface area contributed by atoms with E-state index < -0.39 is 5.97 Å². The fourth-order valence-corrected chi connectivity index (χ4v) is 2.27. The maximum absolute atomic E-state index is 10.8. The molecule has 1 aromatic heterocycles. The lowest BCUT2D eigenvalue weighted by Gasteiger charge is -2.01. The first-order valence-electron chi connectivity index (χ1n) is 5.69. The minimum Gasteiger partial charge on any atom is -0.508 e. The van der Waals surface area contributed by atoms with Gasteiger partial charge in [0, 0.05) is 23.7 Å². The lowest BCUT2D eigenvalue weighted by molar-refractivity contribution is -0.136. The molecule has 0 atom stereocenters. The van der Waals surface area contributed by atoms with Gasteiger partial charge < -0.3 is 14.8 Å². The Hall–Kier alpha value is -1.97. The summed E-state index contributed by atoms with van der Waals surface area (Å²) in [6.45, 7) is 0. The molecule has 0 radical (unpaired) electrons. The van der Waals surface area contributed by atoms with Crippen molar-refractivity contribution in [3.63, 3.8) is 0 Å². The zero-order valence-corrected chi connectivity index (χ0v) is 9.26. The van der Waals surface area contributed by atoms with Gasteiger partial charge in [0.25, 0.3) is 0 Å². The molecule has 1 aliphatic carbocycles. The number of benzene rings is 1. The number of aliphatic carboxylic acids is 1. The Morgan fingerprint density at radius 1 is 1.41 bits per heavy atom. The number of carboxylic acid groups (broad SMARTS) is 1. The average molecular weight is 231 g/mol. The van der Waals surface area contributed by atoms with Crippen LogP contribution in [0.2, 0.25) is 0 Å². The van der Waals surface area contributed by atoms with Gasteiger partial charge in [0.05, 0.1) is 11.9 Å². The Labute approximate surface area is 98.1 Å². The van der Waals surface area contributed by atoms with Gasteiger partial charge >= 0.3 is 5.97 Å². The van der Waals surface area contributed by atoms with E-state index in [0.717, 1.165) is 29.3 Å². The van der Waals surface area contributed by atoms with Crippen molar-refractivity contribution in [3.8, 4) is 5.75 Å². The first-order valence-corrected chi connectivity index (χ1v) is 5.69. The van der Waals surface area contributed by atoms with Gasteiger partial charge in [-0.2, -0.15) is 0 Å². The summed E-state index contributed by atoms with van der Waals surface area (Å²) >= 11 is 0. The molecule has 0 saturated heterocycles. The number of fused-ring (bicyclic) bond motifs is 1. The SMILES string of the molecule is O=C(O)Cc1cn(C2CC2)c2cc(O)ccc12. The number of nitrogens with zero attached hydrogens (tertiary/aromatic N) is 1. The van der Waals surface area contributed by atoms with Crippen LogP contribution in [0.25, 0.3) is 10.9 Å². The zero-order chi connectivity index (χ0) is 12.0. The molecule has 1 fully saturated rings. The molecule has 0 amide bonds. The van der Waals surface area contributed by atoms with Crippen molar-refractivity contribution in [2.24, 2.45) is 0 Å². The van der Waals surface area contributed by atoms with Crippen molar-refractivity contribution in [1.82, 2.24) is 4.57 Å². The molecule has 4 nitrogen and oxygen atoms in total. The van der Waals surface area contributed by atoms with E-state index in [2.05, 4.69) is 4.57 Å². The summed E-state index contributed by atoms with van der Waals surface area (Å²) in [5, 5.41) is 19.3. The first kappa shape index (κ1) is 10.2. The van der Waals surface area contributed by atoms with Gasteiger partial charge in [-0.05, 0) is 30.5 Å². The van der Waals surface area contributed by atoms with Crippen LogP contribution in [0.4, 0.5) is 0 Å². The fourth-order valence-electron chi connectivity index (χ4n) is 2.27. The zero-order valence-electron chi connectivity index (χ0n) is 9.26. The Balaban J connectivity index is 2.19. The molecule has 1 heterocycles. The predicted molar refractivity (Wildman–Crippen MR) is 63.2 cm³/mol. The molecule has 1 aromatic carbocycles. The van der Waals surface area contributed by atoms with E-state index in [1.807, 2.05) is 6.20 Å². The second-order valence-corrected chi connectivity index (χ2v) is 4.56. The molecule has 0 aliphatic heterocycles. The van der Waals surface area contributed by atoms with Crippen LogP contribution in [0.1, 0.15) is 24.4 Å². The van der Waals surface area contributed by atoms with E-state index in [9.17, 15) is 9.90 Å². The number of aromatic nitrogens is 1. The number of phenolic OH excluding ortho intramolecular Hbond substituents is 1. The quantitative estimate of drug-likeness (QED) is 0.852. The molecular formula is C13H13NO3. The van der Waals surface area contributed by atoms with Gasteiger partial charge in [0.15, 0.2) is 0 Å². The molecule has 1 saturated carbocycles. The summed E-state index contributed by atoms with van der Waals surface area (Å²) in [7, 11) is 0. The number of rotatable bonds is 3. The lowest BCUT2D eigenvalue weighted by atomic mass is 10.1. The standard InChI is InChI=1S/C13H13NO3/c15-10-3-4-11-8(5-13(16)17)7-14(9-1-2-9)12(11)6-10/h3-4,6-7,9,15H,1-2,5H2,(H,16,17). The predicted octanol–water partition coefficient (Wildman–Crippen LogP) is 2.31. The molecule has 0 bridgehead atoms. The molecule has 3 rings (SSSR count). The minimum absolute atomic E-state index is 0.0288. The van der Waals surface area contributed by atoms with Crippen LogP contribution in [-0.2, 0) is 11.2 Å². The summed E-state index contributed by atoms with van der Waals surface area (Å²) < 4.78 is 2.09. The fraction of sp³-hybridized carbons (Fsp3) is 0.308. The molecule has 2 aromatic rings. The smallest absolute Gasteiger partial charge is 0.307 e. The van der Waals surface area contributed by atoms with Crippen molar-refractivity contribution >= 4 is 16.9 Å². The van der Waals surface area contributed by atoms with Gasteiger partial charge in [-0.3, -0.25) is 4.79 Å². The number of carboxylic acids is 1. The van der Waals surface area contributed by atoms with Gasteiger partial charge in [-0.1, -0.05) is 0 Å². The van der Waals surface area contributed by atoms with Crippen molar-refractivity contribution in [3.05, 3.63) is 30.0 Å². The monoisotopic (exact) mass is 231 g/mol. The van der Waals surface area contributed by atoms with E-state index in [1.165, 1.54) is 0 Å². The summed E-state index contributed by atoms with van der Waals surface area (Å²) in [4.78, 5) is 10.8. The molecule has 0 unspecified atom stereocenters. The average Bonchev–Trinajstić information content (AvgIpc) is 3.03. The Morgan fingerprint density at radius 2 is 2.18 bits per heavy atom. The highest BCUT2D eigenvalue weighted by molar-refractivity contribution is 5.88. The number of phenols is 1. The van der Waals surface area contributed by atoms with E-state index in [4.69, 9.17) is 5.11 Å². The maximum Gasteiger partial charge on any atom is 0.307 e. The molecule has 17 heavy (non-hydrogen) atoms. The van der Waals surface area contributed by atoms with Gasteiger partial charge in [-0.15, -0.1) is 0 Å². The van der Waals surface area contributed by atoms with Crippen LogP contribution >= 0.6 is 0 Å². The number of hydrogen-bond donors (Lipinski definition) is 2. The van der Waals surface area contributed by atoms with E-state index in [-0.39, 0.29) is 12.2 Å². The Bertz CT molecular complexity index is 596. The Morgan fingerprint density at radius 3 is 2.82 bits per heavy atom.